The molecule has 0 aliphatic rings. The molecule has 0 aliphatic heterocycles. The Morgan fingerprint density at radius 1 is 1.12 bits per heavy atom. The smallest absolute Gasteiger partial charge is 0.224 e. The molecule has 1 unspecified atom stereocenters. The zero-order chi connectivity index (χ0) is 17.5. The van der Waals surface area contributed by atoms with Crippen molar-refractivity contribution in [1.82, 2.24) is 15.3 Å². The van der Waals surface area contributed by atoms with Crippen LogP contribution in [0, 0.1) is 11.8 Å². The monoisotopic (exact) mass is 322 g/mol. The maximum absolute atomic E-state index is 11.0. The van der Waals surface area contributed by atoms with Crippen LogP contribution in [-0.2, 0) is 11.2 Å². The Labute approximate surface area is 143 Å². The standard InChI is InChI=1S/C19H22N4O/c1-14(22-15(2)24)11-17-8-5-16(6-9-17)7-10-18-12-20-19(21-13-18)23(3)4/h5-6,8-9,12-14H,11H2,1-4H3,(H,22,24). The van der Waals surface area contributed by atoms with Crippen molar-refractivity contribution in [1.29, 1.82) is 0 Å². The van der Waals surface area contributed by atoms with Gasteiger partial charge >= 0.3 is 0 Å². The van der Waals surface area contributed by atoms with Gasteiger partial charge in [-0.25, -0.2) is 9.97 Å². The third-order valence-electron chi connectivity index (χ3n) is 3.33. The summed E-state index contributed by atoms with van der Waals surface area (Å²) in [5.74, 6) is 6.83. The minimum atomic E-state index is -0.00695. The van der Waals surface area contributed by atoms with Gasteiger partial charge < -0.3 is 10.2 Å². The molecule has 1 heterocycles. The number of nitrogens with zero attached hydrogens (tertiary/aromatic N) is 3. The summed E-state index contributed by atoms with van der Waals surface area (Å²) in [5, 5.41) is 2.88. The van der Waals surface area contributed by atoms with Crippen molar-refractivity contribution >= 4 is 11.9 Å². The van der Waals surface area contributed by atoms with Crippen LogP contribution in [0.25, 0.3) is 0 Å². The molecule has 5 heteroatoms. The normalized spacial score (nSPS) is 11.2. The first-order valence-corrected chi connectivity index (χ1v) is 7.81. The Morgan fingerprint density at radius 2 is 1.71 bits per heavy atom. The maximum atomic E-state index is 11.0. The molecule has 1 N–H and O–H groups in total. The highest BCUT2D eigenvalue weighted by Gasteiger charge is 2.04. The molecule has 0 saturated heterocycles. The Balaban J connectivity index is 2.00. The van der Waals surface area contributed by atoms with Gasteiger partial charge in [0.25, 0.3) is 0 Å². The first-order valence-electron chi connectivity index (χ1n) is 7.81. The molecule has 0 radical (unpaired) electrons. The maximum Gasteiger partial charge on any atom is 0.224 e. The van der Waals surface area contributed by atoms with E-state index in [1.54, 1.807) is 12.4 Å². The molecule has 124 valence electrons. The SMILES string of the molecule is CC(=O)NC(C)Cc1ccc(C#Cc2cnc(N(C)C)nc2)cc1. The Kier molecular flexibility index (Phi) is 5.91. The fourth-order valence-electron chi connectivity index (χ4n) is 2.24. The third-order valence-corrected chi connectivity index (χ3v) is 3.33. The minimum Gasteiger partial charge on any atom is -0.354 e. The first kappa shape index (κ1) is 17.5. The number of carbonyl (C=O) groups excluding carboxylic acids is 1. The highest BCUT2D eigenvalue weighted by molar-refractivity contribution is 5.73. The summed E-state index contributed by atoms with van der Waals surface area (Å²) < 4.78 is 0. The molecule has 0 saturated carbocycles. The fourth-order valence-corrected chi connectivity index (χ4v) is 2.24. The molecule has 1 aromatic carbocycles. The molecule has 24 heavy (non-hydrogen) atoms. The molecular weight excluding hydrogens is 300 g/mol. The molecule has 0 spiro atoms. The molecule has 5 nitrogen and oxygen atoms in total. The number of rotatable bonds is 4. The summed E-state index contributed by atoms with van der Waals surface area (Å²) in [7, 11) is 3.80. The van der Waals surface area contributed by atoms with E-state index >= 15 is 0 Å². The lowest BCUT2D eigenvalue weighted by molar-refractivity contribution is -0.119. The van der Waals surface area contributed by atoms with E-state index in [1.165, 1.54) is 12.5 Å². The van der Waals surface area contributed by atoms with Crippen molar-refractivity contribution in [2.24, 2.45) is 0 Å². The zero-order valence-corrected chi connectivity index (χ0v) is 14.5. The van der Waals surface area contributed by atoms with Gasteiger partial charge in [0, 0.05) is 45.0 Å². The third kappa shape index (κ3) is 5.40. The van der Waals surface area contributed by atoms with Gasteiger partial charge in [0.15, 0.2) is 0 Å². The van der Waals surface area contributed by atoms with Crippen LogP contribution in [0.15, 0.2) is 36.7 Å². The second-order valence-corrected chi connectivity index (χ2v) is 5.92. The number of anilines is 1. The van der Waals surface area contributed by atoms with Gasteiger partial charge in [0.05, 0.1) is 5.56 Å². The lowest BCUT2D eigenvalue weighted by atomic mass is 10.1. The summed E-state index contributed by atoms with van der Waals surface area (Å²) in [4.78, 5) is 21.4. The van der Waals surface area contributed by atoms with Crippen LogP contribution in [0.1, 0.15) is 30.5 Å². The topological polar surface area (TPSA) is 58.1 Å². The van der Waals surface area contributed by atoms with E-state index in [-0.39, 0.29) is 11.9 Å². The second-order valence-electron chi connectivity index (χ2n) is 5.92. The van der Waals surface area contributed by atoms with Gasteiger partial charge in [-0.15, -0.1) is 0 Å². The predicted octanol–water partition coefficient (Wildman–Crippen LogP) is 2.01. The average molecular weight is 322 g/mol. The Morgan fingerprint density at radius 3 is 2.25 bits per heavy atom. The quantitative estimate of drug-likeness (QED) is 0.875. The molecule has 0 bridgehead atoms. The highest BCUT2D eigenvalue weighted by atomic mass is 16.1. The van der Waals surface area contributed by atoms with Crippen LogP contribution >= 0.6 is 0 Å². The number of benzene rings is 1. The summed E-state index contributed by atoms with van der Waals surface area (Å²) in [5.41, 5.74) is 2.88. The fraction of sp³-hybridized carbons (Fsp3) is 0.316. The molecule has 2 aromatic rings. The van der Waals surface area contributed by atoms with Crippen LogP contribution in [0.4, 0.5) is 5.95 Å². The highest BCUT2D eigenvalue weighted by Crippen LogP contribution is 2.07. The van der Waals surface area contributed by atoms with Crippen molar-refractivity contribution < 1.29 is 4.79 Å². The summed E-state index contributed by atoms with van der Waals surface area (Å²) in [6.45, 7) is 3.52. The molecule has 1 aromatic heterocycles. The van der Waals surface area contributed by atoms with Crippen molar-refractivity contribution in [2.45, 2.75) is 26.3 Å². The molecule has 1 amide bonds. The van der Waals surface area contributed by atoms with Crippen LogP contribution in [0.2, 0.25) is 0 Å². The summed E-state index contributed by atoms with van der Waals surface area (Å²) >= 11 is 0. The first-order chi connectivity index (χ1) is 11.4. The molecular formula is C19H22N4O. The number of carbonyl (C=O) groups is 1. The van der Waals surface area contributed by atoms with Crippen LogP contribution in [0.3, 0.4) is 0 Å². The van der Waals surface area contributed by atoms with E-state index < -0.39 is 0 Å². The lowest BCUT2D eigenvalue weighted by Gasteiger charge is -2.12. The molecule has 0 fully saturated rings. The predicted molar refractivity (Wildman–Crippen MR) is 95.8 cm³/mol. The summed E-state index contributed by atoms with van der Waals surface area (Å²) in [6, 6.07) is 8.16. The number of aromatic nitrogens is 2. The minimum absolute atomic E-state index is 0.00695. The van der Waals surface area contributed by atoms with E-state index in [4.69, 9.17) is 0 Å². The van der Waals surface area contributed by atoms with E-state index in [2.05, 4.69) is 27.1 Å². The molecule has 1 atom stereocenters. The number of nitrogens with one attached hydrogen (secondary N) is 1. The molecule has 0 aliphatic carbocycles. The van der Waals surface area contributed by atoms with Crippen LogP contribution in [0.5, 0.6) is 0 Å². The van der Waals surface area contributed by atoms with Crippen LogP contribution in [-0.4, -0.2) is 36.0 Å². The number of hydrogen-bond donors (Lipinski definition) is 1. The van der Waals surface area contributed by atoms with Gasteiger partial charge in [0.1, 0.15) is 0 Å². The van der Waals surface area contributed by atoms with E-state index in [0.717, 1.165) is 17.5 Å². The van der Waals surface area contributed by atoms with Gasteiger partial charge in [-0.3, -0.25) is 4.79 Å². The van der Waals surface area contributed by atoms with Gasteiger partial charge in [-0.05, 0) is 31.0 Å². The molecule has 2 rings (SSSR count). The van der Waals surface area contributed by atoms with E-state index in [1.807, 2.05) is 50.2 Å². The number of hydrogen-bond acceptors (Lipinski definition) is 4. The second kappa shape index (κ2) is 8.11. The van der Waals surface area contributed by atoms with Gasteiger partial charge in [-0.1, -0.05) is 24.0 Å². The zero-order valence-electron chi connectivity index (χ0n) is 14.5. The van der Waals surface area contributed by atoms with Crippen molar-refractivity contribution in [3.8, 4) is 11.8 Å². The van der Waals surface area contributed by atoms with E-state index in [9.17, 15) is 4.79 Å². The van der Waals surface area contributed by atoms with Crippen molar-refractivity contribution in [2.75, 3.05) is 19.0 Å². The van der Waals surface area contributed by atoms with Crippen molar-refractivity contribution in [3.63, 3.8) is 0 Å². The Bertz CT molecular complexity index is 740. The average Bonchev–Trinajstić information content (AvgIpc) is 2.54. The number of amides is 1. The van der Waals surface area contributed by atoms with Gasteiger partial charge in [0.2, 0.25) is 11.9 Å². The van der Waals surface area contributed by atoms with Crippen LogP contribution < -0.4 is 10.2 Å². The largest absolute Gasteiger partial charge is 0.354 e. The van der Waals surface area contributed by atoms with Crippen molar-refractivity contribution in [3.05, 3.63) is 53.3 Å². The lowest BCUT2D eigenvalue weighted by Crippen LogP contribution is -2.31. The Hall–Kier alpha value is -2.87. The summed E-state index contributed by atoms with van der Waals surface area (Å²) in [6.07, 6.45) is 4.24. The van der Waals surface area contributed by atoms with Gasteiger partial charge in [-0.2, -0.15) is 0 Å². The van der Waals surface area contributed by atoms with E-state index in [0.29, 0.717) is 5.95 Å².